The van der Waals surface area contributed by atoms with E-state index in [0.717, 1.165) is 17.4 Å². The summed E-state index contributed by atoms with van der Waals surface area (Å²) in [6.07, 6.45) is 0.968. The van der Waals surface area contributed by atoms with E-state index in [-0.39, 0.29) is 11.9 Å². The van der Waals surface area contributed by atoms with Gasteiger partial charge in [0.2, 0.25) is 0 Å². The number of likely N-dealkylation sites (tertiary alicyclic amines) is 1. The molecule has 1 aromatic carbocycles. The molecular weight excluding hydrogens is 316 g/mol. The zero-order valence-corrected chi connectivity index (χ0v) is 12.5. The Balaban J connectivity index is 2.22. The van der Waals surface area contributed by atoms with Gasteiger partial charge in [0.1, 0.15) is 0 Å². The molecule has 0 saturated carbocycles. The minimum atomic E-state index is -0.0386. The van der Waals surface area contributed by atoms with Gasteiger partial charge in [-0.15, -0.1) is 0 Å². The first-order valence-corrected chi connectivity index (χ1v) is 7.14. The van der Waals surface area contributed by atoms with Crippen molar-refractivity contribution in [3.63, 3.8) is 0 Å². The second-order valence-electron chi connectivity index (χ2n) is 4.94. The number of hydrogen-bond acceptors (Lipinski definition) is 2. The minimum Gasteiger partial charge on any atom is -0.337 e. The van der Waals surface area contributed by atoms with Gasteiger partial charge in [-0.25, -0.2) is 0 Å². The van der Waals surface area contributed by atoms with Crippen LogP contribution in [0.15, 0.2) is 22.7 Å². The van der Waals surface area contributed by atoms with Crippen molar-refractivity contribution in [2.75, 3.05) is 13.1 Å². The number of nitrogens with two attached hydrogens (primary N) is 1. The van der Waals surface area contributed by atoms with Gasteiger partial charge in [0.25, 0.3) is 5.91 Å². The van der Waals surface area contributed by atoms with Crippen molar-refractivity contribution in [3.8, 4) is 0 Å². The Labute approximate surface area is 120 Å². The fraction of sp³-hybridized carbons (Fsp3) is 0.462. The number of carbonyl (C=O) groups is 1. The van der Waals surface area contributed by atoms with Crippen LogP contribution in [0.5, 0.6) is 0 Å². The van der Waals surface area contributed by atoms with Crippen molar-refractivity contribution in [1.82, 2.24) is 4.90 Å². The first-order chi connectivity index (χ1) is 8.47. The molecule has 1 aliphatic heterocycles. The summed E-state index contributed by atoms with van der Waals surface area (Å²) in [6.45, 7) is 3.46. The number of piperidine rings is 1. The molecule has 1 heterocycles. The van der Waals surface area contributed by atoms with E-state index in [9.17, 15) is 4.79 Å². The van der Waals surface area contributed by atoms with E-state index in [0.29, 0.717) is 23.0 Å². The van der Waals surface area contributed by atoms with Crippen molar-refractivity contribution in [2.24, 2.45) is 11.7 Å². The molecule has 18 heavy (non-hydrogen) atoms. The van der Waals surface area contributed by atoms with Crippen LogP contribution in [0, 0.1) is 5.92 Å². The number of halogens is 2. The second kappa shape index (κ2) is 5.59. The third-order valence-electron chi connectivity index (χ3n) is 3.14. The molecule has 1 aromatic rings. The van der Waals surface area contributed by atoms with E-state index >= 15 is 0 Å². The molecule has 1 fully saturated rings. The molecule has 98 valence electrons. The average Bonchev–Trinajstić information content (AvgIpc) is 2.30. The van der Waals surface area contributed by atoms with Gasteiger partial charge in [-0.2, -0.15) is 0 Å². The zero-order valence-electron chi connectivity index (χ0n) is 10.2. The fourth-order valence-electron chi connectivity index (χ4n) is 2.40. The summed E-state index contributed by atoms with van der Waals surface area (Å²) in [5.74, 6) is 0.395. The highest BCUT2D eigenvalue weighted by atomic mass is 79.9. The summed E-state index contributed by atoms with van der Waals surface area (Å²) >= 11 is 9.44. The highest BCUT2D eigenvalue weighted by Gasteiger charge is 2.27. The van der Waals surface area contributed by atoms with Gasteiger partial charge in [0, 0.05) is 23.6 Å². The maximum Gasteiger partial charge on any atom is 0.255 e. The van der Waals surface area contributed by atoms with Gasteiger partial charge < -0.3 is 10.6 Å². The molecule has 2 atom stereocenters. The van der Waals surface area contributed by atoms with Gasteiger partial charge in [-0.1, -0.05) is 34.5 Å². The van der Waals surface area contributed by atoms with E-state index in [2.05, 4.69) is 22.9 Å². The molecule has 2 rings (SSSR count). The van der Waals surface area contributed by atoms with Crippen LogP contribution in [-0.4, -0.2) is 29.9 Å². The molecule has 1 amide bonds. The molecule has 1 saturated heterocycles. The number of amides is 1. The van der Waals surface area contributed by atoms with E-state index in [1.807, 2.05) is 6.07 Å². The standard InChI is InChI=1S/C13H16BrClN2O/c1-8-4-10(16)7-17(6-8)13(18)11-5-9(14)2-3-12(11)15/h2-3,5,8,10H,4,6-7,16H2,1H3. The normalized spacial score (nSPS) is 24.1. The highest BCUT2D eigenvalue weighted by molar-refractivity contribution is 9.10. The predicted octanol–water partition coefficient (Wildman–Crippen LogP) is 2.91. The predicted molar refractivity (Wildman–Crippen MR) is 76.8 cm³/mol. The molecule has 1 aliphatic rings. The third-order valence-corrected chi connectivity index (χ3v) is 3.96. The molecule has 0 spiro atoms. The van der Waals surface area contributed by atoms with Gasteiger partial charge >= 0.3 is 0 Å². The van der Waals surface area contributed by atoms with Crippen LogP contribution in [0.4, 0.5) is 0 Å². The summed E-state index contributed by atoms with van der Waals surface area (Å²) in [5, 5.41) is 0.481. The lowest BCUT2D eigenvalue weighted by Crippen LogP contribution is -2.48. The summed E-state index contributed by atoms with van der Waals surface area (Å²) in [4.78, 5) is 14.2. The van der Waals surface area contributed by atoms with E-state index in [1.54, 1.807) is 17.0 Å². The molecular formula is C13H16BrClN2O. The van der Waals surface area contributed by atoms with Crippen LogP contribution < -0.4 is 5.73 Å². The Kier molecular flexibility index (Phi) is 4.30. The van der Waals surface area contributed by atoms with Crippen LogP contribution in [0.2, 0.25) is 5.02 Å². The van der Waals surface area contributed by atoms with Crippen LogP contribution in [0.3, 0.4) is 0 Å². The van der Waals surface area contributed by atoms with E-state index < -0.39 is 0 Å². The molecule has 0 bridgehead atoms. The average molecular weight is 332 g/mol. The Morgan fingerprint density at radius 2 is 2.22 bits per heavy atom. The van der Waals surface area contributed by atoms with E-state index in [1.165, 1.54) is 0 Å². The van der Waals surface area contributed by atoms with Crippen LogP contribution >= 0.6 is 27.5 Å². The molecule has 0 radical (unpaired) electrons. The lowest BCUT2D eigenvalue weighted by Gasteiger charge is -2.35. The van der Waals surface area contributed by atoms with Crippen molar-refractivity contribution in [1.29, 1.82) is 0 Å². The second-order valence-corrected chi connectivity index (χ2v) is 6.26. The maximum atomic E-state index is 12.4. The lowest BCUT2D eigenvalue weighted by atomic mass is 9.96. The summed E-state index contributed by atoms with van der Waals surface area (Å²) in [6, 6.07) is 5.37. The number of benzene rings is 1. The first kappa shape index (κ1) is 13.8. The zero-order chi connectivity index (χ0) is 13.3. The fourth-order valence-corrected chi connectivity index (χ4v) is 2.96. The topological polar surface area (TPSA) is 46.3 Å². The molecule has 0 aliphatic carbocycles. The molecule has 0 aromatic heterocycles. The van der Waals surface area contributed by atoms with Gasteiger partial charge in [0.15, 0.2) is 0 Å². The Hall–Kier alpha value is -0.580. The summed E-state index contributed by atoms with van der Waals surface area (Å²) in [7, 11) is 0. The quantitative estimate of drug-likeness (QED) is 0.860. The van der Waals surface area contributed by atoms with Crippen molar-refractivity contribution < 1.29 is 4.79 Å². The molecule has 5 heteroatoms. The largest absolute Gasteiger partial charge is 0.337 e. The van der Waals surface area contributed by atoms with Crippen LogP contribution in [-0.2, 0) is 0 Å². The monoisotopic (exact) mass is 330 g/mol. The van der Waals surface area contributed by atoms with Crippen molar-refractivity contribution >= 4 is 33.4 Å². The lowest BCUT2D eigenvalue weighted by molar-refractivity contribution is 0.0661. The molecule has 2 N–H and O–H groups in total. The smallest absolute Gasteiger partial charge is 0.255 e. The van der Waals surface area contributed by atoms with Crippen LogP contribution in [0.25, 0.3) is 0 Å². The Bertz CT molecular complexity index is 456. The minimum absolute atomic E-state index is 0.0386. The number of rotatable bonds is 1. The molecule has 2 unspecified atom stereocenters. The number of nitrogens with zero attached hydrogens (tertiary/aromatic N) is 1. The summed E-state index contributed by atoms with van der Waals surface area (Å²) < 4.78 is 0.851. The third kappa shape index (κ3) is 3.05. The van der Waals surface area contributed by atoms with Gasteiger partial charge in [-0.05, 0) is 30.5 Å². The van der Waals surface area contributed by atoms with E-state index in [4.69, 9.17) is 17.3 Å². The van der Waals surface area contributed by atoms with Gasteiger partial charge in [-0.3, -0.25) is 4.79 Å². The number of carbonyl (C=O) groups excluding carboxylic acids is 1. The SMILES string of the molecule is CC1CC(N)CN(C(=O)c2cc(Br)ccc2Cl)C1. The number of hydrogen-bond donors (Lipinski definition) is 1. The first-order valence-electron chi connectivity index (χ1n) is 5.97. The molecule has 3 nitrogen and oxygen atoms in total. The Morgan fingerprint density at radius 1 is 1.50 bits per heavy atom. The van der Waals surface area contributed by atoms with Crippen molar-refractivity contribution in [3.05, 3.63) is 33.3 Å². The highest BCUT2D eigenvalue weighted by Crippen LogP contribution is 2.24. The summed E-state index contributed by atoms with van der Waals surface area (Å²) in [5.41, 5.74) is 6.50. The maximum absolute atomic E-state index is 12.4. The Morgan fingerprint density at radius 3 is 2.89 bits per heavy atom. The van der Waals surface area contributed by atoms with Crippen LogP contribution in [0.1, 0.15) is 23.7 Å². The van der Waals surface area contributed by atoms with Gasteiger partial charge in [0.05, 0.1) is 10.6 Å². The van der Waals surface area contributed by atoms with Crippen molar-refractivity contribution in [2.45, 2.75) is 19.4 Å².